The molecule has 0 aliphatic heterocycles. The van der Waals surface area contributed by atoms with Crippen molar-refractivity contribution in [1.82, 2.24) is 24.9 Å². The van der Waals surface area contributed by atoms with E-state index in [4.69, 9.17) is 35.9 Å². The van der Waals surface area contributed by atoms with Crippen LogP contribution >= 0.6 is 0 Å². The summed E-state index contributed by atoms with van der Waals surface area (Å²) in [6.07, 6.45) is 0. The van der Waals surface area contributed by atoms with Crippen molar-refractivity contribution in [2.24, 2.45) is 0 Å². The second kappa shape index (κ2) is 14.3. The van der Waals surface area contributed by atoms with Crippen LogP contribution in [0.4, 0.5) is 5.69 Å². The number of rotatable bonds is 7. The van der Waals surface area contributed by atoms with Crippen molar-refractivity contribution >= 4 is 27.6 Å². The van der Waals surface area contributed by atoms with Gasteiger partial charge in [-0.15, -0.1) is 0 Å². The molecule has 0 fully saturated rings. The molecule has 10 aromatic rings. The Morgan fingerprint density at radius 2 is 0.877 bits per heavy atom. The summed E-state index contributed by atoms with van der Waals surface area (Å²) in [6, 6.07) is 60.1. The summed E-state index contributed by atoms with van der Waals surface area (Å²) < 4.78 is 6.75. The molecule has 266 valence electrons. The van der Waals surface area contributed by atoms with E-state index in [9.17, 15) is 0 Å². The largest absolute Gasteiger partial charge is 0.455 e. The smallest absolute Gasteiger partial charge is 0.194 e. The fourth-order valence-electron chi connectivity index (χ4n) is 7.16. The molecule has 0 aliphatic carbocycles. The summed E-state index contributed by atoms with van der Waals surface area (Å²) in [5.41, 5.74) is 10.8. The highest BCUT2D eigenvalue weighted by Gasteiger charge is 2.19. The van der Waals surface area contributed by atoms with Crippen molar-refractivity contribution in [1.29, 1.82) is 0 Å². The van der Waals surface area contributed by atoms with Gasteiger partial charge in [-0.3, -0.25) is 0 Å². The third-order valence-electron chi connectivity index (χ3n) is 10.0. The van der Waals surface area contributed by atoms with E-state index in [1.54, 1.807) is 0 Å². The predicted molar refractivity (Wildman–Crippen MR) is 227 cm³/mol. The van der Waals surface area contributed by atoms with E-state index in [1.165, 1.54) is 0 Å². The molecule has 0 N–H and O–H groups in total. The quantitative estimate of drug-likeness (QED) is 0.152. The van der Waals surface area contributed by atoms with Gasteiger partial charge in [0.05, 0.1) is 18.0 Å². The zero-order chi connectivity index (χ0) is 38.1. The second-order valence-electron chi connectivity index (χ2n) is 13.6. The van der Waals surface area contributed by atoms with E-state index in [2.05, 4.69) is 17.0 Å². The fourth-order valence-corrected chi connectivity index (χ4v) is 7.16. The SMILES string of the molecule is [C-]#[N+]c1ccccc1-c1ccc(-c2cc(-c3cccc4c3oc3cc(-c5nc(-c6ccccc6)nc(-c6ccccc6)n5)ccc34)nc(-c3ccccc3)n2)cc1. The molecule has 10 rings (SSSR count). The van der Waals surface area contributed by atoms with Gasteiger partial charge in [-0.25, -0.2) is 29.8 Å². The van der Waals surface area contributed by atoms with Crippen LogP contribution in [0.15, 0.2) is 186 Å². The Labute approximate surface area is 328 Å². The van der Waals surface area contributed by atoms with Gasteiger partial charge in [0.2, 0.25) is 0 Å². The highest BCUT2D eigenvalue weighted by atomic mass is 16.3. The van der Waals surface area contributed by atoms with Crippen molar-refractivity contribution in [3.8, 4) is 79.2 Å². The van der Waals surface area contributed by atoms with E-state index in [-0.39, 0.29) is 0 Å². The molecule has 0 saturated carbocycles. The zero-order valence-electron chi connectivity index (χ0n) is 30.4. The second-order valence-corrected chi connectivity index (χ2v) is 13.6. The maximum Gasteiger partial charge on any atom is 0.194 e. The summed E-state index contributed by atoms with van der Waals surface area (Å²) in [6.45, 7) is 7.63. The first kappa shape index (κ1) is 33.5. The van der Waals surface area contributed by atoms with Gasteiger partial charge in [0.15, 0.2) is 29.0 Å². The Morgan fingerprint density at radius 1 is 0.368 bits per heavy atom. The minimum absolute atomic E-state index is 0.557. The number of hydrogen-bond donors (Lipinski definition) is 0. The van der Waals surface area contributed by atoms with Gasteiger partial charge in [-0.2, -0.15) is 0 Å². The van der Waals surface area contributed by atoms with Crippen LogP contribution in [0, 0.1) is 6.57 Å². The molecule has 0 aliphatic rings. The normalized spacial score (nSPS) is 11.1. The molecule has 0 saturated heterocycles. The molecule has 7 heteroatoms. The lowest BCUT2D eigenvalue weighted by Crippen LogP contribution is -2.00. The number of fused-ring (bicyclic) bond motifs is 3. The summed E-state index contributed by atoms with van der Waals surface area (Å²) in [4.78, 5) is 28.6. The Kier molecular flexibility index (Phi) is 8.40. The Bertz CT molecular complexity index is 3060. The minimum Gasteiger partial charge on any atom is -0.455 e. The fraction of sp³-hybridized carbons (Fsp3) is 0. The molecule has 3 heterocycles. The average Bonchev–Trinajstić information content (AvgIpc) is 3.68. The van der Waals surface area contributed by atoms with E-state index >= 15 is 0 Å². The Balaban J connectivity index is 1.09. The van der Waals surface area contributed by atoms with E-state index in [1.807, 2.05) is 170 Å². The van der Waals surface area contributed by atoms with E-state index in [0.717, 1.165) is 72.3 Å². The van der Waals surface area contributed by atoms with Gasteiger partial charge in [0.1, 0.15) is 11.2 Å². The number of furan rings is 1. The van der Waals surface area contributed by atoms with Gasteiger partial charge in [0, 0.05) is 44.2 Å². The lowest BCUT2D eigenvalue weighted by atomic mass is 10.00. The first-order chi connectivity index (χ1) is 28.2. The van der Waals surface area contributed by atoms with Gasteiger partial charge in [-0.1, -0.05) is 158 Å². The van der Waals surface area contributed by atoms with Crippen molar-refractivity contribution < 1.29 is 4.42 Å². The molecule has 7 nitrogen and oxygen atoms in total. The predicted octanol–water partition coefficient (Wildman–Crippen LogP) is 12.8. The van der Waals surface area contributed by atoms with Crippen LogP contribution in [0.1, 0.15) is 0 Å². The highest BCUT2D eigenvalue weighted by Crippen LogP contribution is 2.39. The number of aromatic nitrogens is 5. The first-order valence-corrected chi connectivity index (χ1v) is 18.5. The van der Waals surface area contributed by atoms with Gasteiger partial charge >= 0.3 is 0 Å². The number of hydrogen-bond acceptors (Lipinski definition) is 6. The summed E-state index contributed by atoms with van der Waals surface area (Å²) in [7, 11) is 0. The topological polar surface area (TPSA) is 82.0 Å². The summed E-state index contributed by atoms with van der Waals surface area (Å²) in [5.74, 6) is 2.37. The van der Waals surface area contributed by atoms with E-state index in [0.29, 0.717) is 34.6 Å². The third-order valence-corrected chi connectivity index (χ3v) is 10.0. The van der Waals surface area contributed by atoms with Gasteiger partial charge < -0.3 is 4.42 Å². The summed E-state index contributed by atoms with van der Waals surface area (Å²) >= 11 is 0. The lowest BCUT2D eigenvalue weighted by Gasteiger charge is -2.11. The molecular weight excluding hydrogens is 701 g/mol. The molecule has 3 aromatic heterocycles. The van der Waals surface area contributed by atoms with Crippen molar-refractivity contribution in [3.63, 3.8) is 0 Å². The van der Waals surface area contributed by atoms with Crippen molar-refractivity contribution in [2.75, 3.05) is 0 Å². The number of nitrogens with zero attached hydrogens (tertiary/aromatic N) is 6. The zero-order valence-corrected chi connectivity index (χ0v) is 30.4. The first-order valence-electron chi connectivity index (χ1n) is 18.5. The Morgan fingerprint density at radius 3 is 1.51 bits per heavy atom. The molecule has 7 aromatic carbocycles. The molecular formula is C50H30N6O. The summed E-state index contributed by atoms with van der Waals surface area (Å²) in [5, 5.41) is 1.95. The van der Waals surface area contributed by atoms with Crippen LogP contribution in [0.25, 0.3) is 106 Å². The molecule has 0 amide bonds. The molecule has 0 unspecified atom stereocenters. The Hall–Kier alpha value is -8.08. The van der Waals surface area contributed by atoms with Gasteiger partial charge in [0.25, 0.3) is 0 Å². The maximum atomic E-state index is 7.63. The van der Waals surface area contributed by atoms with Crippen LogP contribution in [0.2, 0.25) is 0 Å². The molecule has 0 bridgehead atoms. The van der Waals surface area contributed by atoms with Gasteiger partial charge in [-0.05, 0) is 35.4 Å². The molecule has 57 heavy (non-hydrogen) atoms. The lowest BCUT2D eigenvalue weighted by molar-refractivity contribution is 0.670. The van der Waals surface area contributed by atoms with E-state index < -0.39 is 0 Å². The highest BCUT2D eigenvalue weighted by molar-refractivity contribution is 6.10. The minimum atomic E-state index is 0.557. The maximum absolute atomic E-state index is 7.63. The number of benzene rings is 7. The van der Waals surface area contributed by atoms with Crippen LogP contribution in [0.3, 0.4) is 0 Å². The van der Waals surface area contributed by atoms with Crippen molar-refractivity contribution in [3.05, 3.63) is 193 Å². The molecule has 0 spiro atoms. The standard InChI is InChI=1S/C50H30N6O/c1-51-42-23-12-11-20-38(42)32-24-26-33(27-25-32)43-31-44(53-47(52-43)34-14-5-2-6-15-34)41-22-13-21-40-39-29-28-37(30-45(39)57-46(40)41)50-55-48(35-16-7-3-8-17-35)54-49(56-50)36-18-9-4-10-19-36/h2-31H. The average molecular weight is 731 g/mol. The van der Waals surface area contributed by atoms with Crippen LogP contribution in [-0.2, 0) is 0 Å². The van der Waals surface area contributed by atoms with Crippen LogP contribution in [0.5, 0.6) is 0 Å². The monoisotopic (exact) mass is 730 g/mol. The molecule has 0 radical (unpaired) electrons. The van der Waals surface area contributed by atoms with Crippen LogP contribution in [-0.4, -0.2) is 24.9 Å². The third kappa shape index (κ3) is 6.37. The van der Waals surface area contributed by atoms with Crippen LogP contribution < -0.4 is 0 Å². The molecule has 0 atom stereocenters. The number of para-hydroxylation sites is 2. The van der Waals surface area contributed by atoms with Crippen molar-refractivity contribution in [2.45, 2.75) is 0 Å².